The van der Waals surface area contributed by atoms with Crippen LogP contribution in [0, 0.1) is 6.92 Å². The van der Waals surface area contributed by atoms with Crippen molar-refractivity contribution in [3.63, 3.8) is 0 Å². The second-order valence-electron chi connectivity index (χ2n) is 5.59. The molecule has 1 heterocycles. The molecule has 17 heavy (non-hydrogen) atoms. The van der Waals surface area contributed by atoms with Crippen molar-refractivity contribution in [2.45, 2.75) is 50.7 Å². The number of nitrogens with one attached hydrogen (secondary N) is 1. The van der Waals surface area contributed by atoms with Crippen molar-refractivity contribution in [2.75, 3.05) is 6.54 Å². The van der Waals surface area contributed by atoms with Gasteiger partial charge in [0.25, 0.3) is 0 Å². The molecule has 2 nitrogen and oxygen atoms in total. The lowest BCUT2D eigenvalue weighted by molar-refractivity contribution is -0.0105. The van der Waals surface area contributed by atoms with Gasteiger partial charge >= 0.3 is 0 Å². The van der Waals surface area contributed by atoms with Gasteiger partial charge in [0.1, 0.15) is 5.60 Å². The molecular formula is C15H21NO. The van der Waals surface area contributed by atoms with Crippen LogP contribution in [0.4, 0.5) is 0 Å². The molecule has 0 amide bonds. The average molecular weight is 231 g/mol. The Hall–Kier alpha value is -0.860. The zero-order valence-electron chi connectivity index (χ0n) is 10.5. The number of hydrogen-bond donors (Lipinski definition) is 2. The molecule has 1 saturated heterocycles. The molecule has 3 rings (SSSR count). The molecule has 2 aliphatic rings. The number of rotatable bonds is 1. The van der Waals surface area contributed by atoms with E-state index in [1.165, 1.54) is 29.5 Å². The molecule has 1 aliphatic carbocycles. The van der Waals surface area contributed by atoms with E-state index in [2.05, 4.69) is 30.4 Å². The maximum atomic E-state index is 11.0. The Labute approximate surface area is 103 Å². The predicted molar refractivity (Wildman–Crippen MR) is 69.0 cm³/mol. The quantitative estimate of drug-likeness (QED) is 0.777. The predicted octanol–water partition coefficient (Wildman–Crippen LogP) is 2.27. The van der Waals surface area contributed by atoms with Gasteiger partial charge in [-0.25, -0.2) is 0 Å². The van der Waals surface area contributed by atoms with Crippen molar-refractivity contribution in [3.8, 4) is 0 Å². The summed E-state index contributed by atoms with van der Waals surface area (Å²) in [5.74, 6) is 0. The van der Waals surface area contributed by atoms with E-state index in [1.807, 2.05) is 0 Å². The van der Waals surface area contributed by atoms with Crippen molar-refractivity contribution >= 4 is 0 Å². The fourth-order valence-electron chi connectivity index (χ4n) is 3.39. The van der Waals surface area contributed by atoms with Crippen LogP contribution in [0.5, 0.6) is 0 Å². The normalized spacial score (nSPS) is 32.5. The second-order valence-corrected chi connectivity index (χ2v) is 5.59. The zero-order chi connectivity index (χ0) is 11.9. The fraction of sp³-hybridized carbons (Fsp3) is 0.600. The molecule has 2 heteroatoms. The van der Waals surface area contributed by atoms with E-state index < -0.39 is 5.60 Å². The first-order valence-electron chi connectivity index (χ1n) is 6.76. The smallest absolute Gasteiger partial charge is 0.105 e. The summed E-state index contributed by atoms with van der Waals surface area (Å²) in [6.45, 7) is 3.15. The molecular weight excluding hydrogens is 210 g/mol. The van der Waals surface area contributed by atoms with Gasteiger partial charge in [-0.2, -0.15) is 0 Å². The molecule has 1 aromatic carbocycles. The van der Waals surface area contributed by atoms with Crippen LogP contribution in [0.2, 0.25) is 0 Å². The molecule has 0 bridgehead atoms. The summed E-state index contributed by atoms with van der Waals surface area (Å²) >= 11 is 0. The molecule has 2 N–H and O–H groups in total. The molecule has 1 aromatic rings. The van der Waals surface area contributed by atoms with Gasteiger partial charge in [-0.15, -0.1) is 0 Å². The van der Waals surface area contributed by atoms with Crippen LogP contribution in [0.15, 0.2) is 18.2 Å². The summed E-state index contributed by atoms with van der Waals surface area (Å²) in [7, 11) is 0. The third-order valence-corrected chi connectivity index (χ3v) is 4.39. The summed E-state index contributed by atoms with van der Waals surface area (Å²) in [5, 5.41) is 14.5. The van der Waals surface area contributed by atoms with Gasteiger partial charge in [-0.3, -0.25) is 0 Å². The van der Waals surface area contributed by atoms with Gasteiger partial charge in [0, 0.05) is 6.04 Å². The first-order valence-corrected chi connectivity index (χ1v) is 6.76. The average Bonchev–Trinajstić information content (AvgIpc) is 2.70. The van der Waals surface area contributed by atoms with Crippen molar-refractivity contribution < 1.29 is 5.11 Å². The highest BCUT2D eigenvalue weighted by molar-refractivity contribution is 5.41. The largest absolute Gasteiger partial charge is 0.384 e. The lowest BCUT2D eigenvalue weighted by Gasteiger charge is -2.37. The monoisotopic (exact) mass is 231 g/mol. The van der Waals surface area contributed by atoms with E-state index in [0.29, 0.717) is 0 Å². The van der Waals surface area contributed by atoms with Crippen LogP contribution >= 0.6 is 0 Å². The molecule has 1 fully saturated rings. The number of aliphatic hydroxyl groups is 1. The summed E-state index contributed by atoms with van der Waals surface area (Å²) in [6, 6.07) is 6.77. The number of piperidine rings is 1. The van der Waals surface area contributed by atoms with Crippen LogP contribution in [-0.2, 0) is 12.0 Å². The fourth-order valence-corrected chi connectivity index (χ4v) is 3.39. The SMILES string of the molecule is Cc1ccc2c(c1)C(O)(C1CCCCN1)CC2. The van der Waals surface area contributed by atoms with Gasteiger partial charge in [-0.1, -0.05) is 30.2 Å². The number of aryl methyl sites for hydroxylation is 2. The summed E-state index contributed by atoms with van der Waals surface area (Å²) in [4.78, 5) is 0. The first-order chi connectivity index (χ1) is 8.20. The Morgan fingerprint density at radius 3 is 3.00 bits per heavy atom. The molecule has 0 radical (unpaired) electrons. The number of fused-ring (bicyclic) bond motifs is 1. The molecule has 2 unspecified atom stereocenters. The lowest BCUT2D eigenvalue weighted by Crippen LogP contribution is -2.49. The third kappa shape index (κ3) is 1.80. The third-order valence-electron chi connectivity index (χ3n) is 4.39. The van der Waals surface area contributed by atoms with Crippen LogP contribution in [-0.4, -0.2) is 17.7 Å². The highest BCUT2D eigenvalue weighted by Crippen LogP contribution is 2.41. The van der Waals surface area contributed by atoms with Gasteiger partial charge in [0.15, 0.2) is 0 Å². The van der Waals surface area contributed by atoms with Gasteiger partial charge in [-0.05, 0) is 50.3 Å². The lowest BCUT2D eigenvalue weighted by atomic mass is 9.83. The van der Waals surface area contributed by atoms with Crippen LogP contribution in [0.1, 0.15) is 42.4 Å². The maximum absolute atomic E-state index is 11.0. The molecule has 2 atom stereocenters. The van der Waals surface area contributed by atoms with Crippen molar-refractivity contribution in [1.29, 1.82) is 0 Å². The summed E-state index contributed by atoms with van der Waals surface area (Å²) in [6.07, 6.45) is 5.48. The molecule has 0 spiro atoms. The molecule has 0 aromatic heterocycles. The van der Waals surface area contributed by atoms with Gasteiger partial charge in [0.05, 0.1) is 0 Å². The second kappa shape index (κ2) is 4.11. The number of hydrogen-bond acceptors (Lipinski definition) is 2. The van der Waals surface area contributed by atoms with Gasteiger partial charge in [0.2, 0.25) is 0 Å². The van der Waals surface area contributed by atoms with Crippen LogP contribution in [0.25, 0.3) is 0 Å². The van der Waals surface area contributed by atoms with Crippen molar-refractivity contribution in [3.05, 3.63) is 34.9 Å². The first kappa shape index (κ1) is 11.2. The van der Waals surface area contributed by atoms with E-state index in [4.69, 9.17) is 0 Å². The Balaban J connectivity index is 1.97. The minimum atomic E-state index is -0.623. The zero-order valence-corrected chi connectivity index (χ0v) is 10.5. The van der Waals surface area contributed by atoms with E-state index in [0.717, 1.165) is 25.8 Å². The van der Waals surface area contributed by atoms with Crippen molar-refractivity contribution in [2.24, 2.45) is 0 Å². The van der Waals surface area contributed by atoms with E-state index in [9.17, 15) is 5.11 Å². The minimum Gasteiger partial charge on any atom is -0.384 e. The Morgan fingerprint density at radius 1 is 1.35 bits per heavy atom. The Kier molecular flexibility index (Phi) is 2.72. The summed E-state index contributed by atoms with van der Waals surface area (Å²) in [5.41, 5.74) is 3.14. The van der Waals surface area contributed by atoms with E-state index in [-0.39, 0.29) is 6.04 Å². The maximum Gasteiger partial charge on any atom is 0.105 e. The Morgan fingerprint density at radius 2 is 2.24 bits per heavy atom. The van der Waals surface area contributed by atoms with Gasteiger partial charge < -0.3 is 10.4 Å². The molecule has 0 saturated carbocycles. The molecule has 1 aliphatic heterocycles. The van der Waals surface area contributed by atoms with Crippen LogP contribution < -0.4 is 5.32 Å². The Bertz CT molecular complexity index is 423. The van der Waals surface area contributed by atoms with Crippen LogP contribution in [0.3, 0.4) is 0 Å². The highest BCUT2D eigenvalue weighted by atomic mass is 16.3. The number of benzene rings is 1. The standard InChI is InChI=1S/C15H21NO/c1-11-5-6-12-7-8-15(17,13(12)10-11)14-4-2-3-9-16-14/h5-6,10,14,16-17H,2-4,7-9H2,1H3. The topological polar surface area (TPSA) is 32.3 Å². The summed E-state index contributed by atoms with van der Waals surface area (Å²) < 4.78 is 0. The highest BCUT2D eigenvalue weighted by Gasteiger charge is 2.43. The van der Waals surface area contributed by atoms with E-state index >= 15 is 0 Å². The van der Waals surface area contributed by atoms with E-state index in [1.54, 1.807) is 0 Å². The molecule has 92 valence electrons. The minimum absolute atomic E-state index is 0.249. The van der Waals surface area contributed by atoms with Crippen molar-refractivity contribution in [1.82, 2.24) is 5.32 Å².